The summed E-state index contributed by atoms with van der Waals surface area (Å²) in [6.45, 7) is 7.77. The van der Waals surface area contributed by atoms with Gasteiger partial charge in [-0.05, 0) is 111 Å². The zero-order chi connectivity index (χ0) is 41.8. The fourth-order valence-electron chi connectivity index (χ4n) is 6.30. The highest BCUT2D eigenvalue weighted by Gasteiger charge is 2.28. The molecule has 1 saturated carbocycles. The Bertz CT molecular complexity index is 2680. The second-order valence-corrected chi connectivity index (χ2v) is 15.0. The highest BCUT2D eigenvalue weighted by Crippen LogP contribution is 2.43. The molecule has 3 heterocycles. The van der Waals surface area contributed by atoms with Gasteiger partial charge in [0.15, 0.2) is 23.0 Å². The molecule has 2 amide bonds. The normalized spacial score (nSPS) is 12.0. The van der Waals surface area contributed by atoms with E-state index in [2.05, 4.69) is 30.8 Å². The number of hydrogen-bond donors (Lipinski definition) is 3. The van der Waals surface area contributed by atoms with E-state index in [1.54, 1.807) is 46.9 Å². The summed E-state index contributed by atoms with van der Waals surface area (Å²) >= 11 is 1.42. The smallest absolute Gasteiger partial charge is 0.325 e. The summed E-state index contributed by atoms with van der Waals surface area (Å²) < 4.78 is 34.0. The third-order valence-electron chi connectivity index (χ3n) is 9.77. The standard InChI is InChI=1S/C25H25N5O4S.C19H20N2O3/c1-13-10-20(34-19-7-8-26-18-12-22(33-4)21(32-3)11-16(18)19)14(2)9-17(13)27-24(31)28-25-30-29-23(35-25)15-5-6-15;1-11-8-17(12(2)7-14(11)20)24-16-5-6-21-15-10-19(23-4)18(22-3)9-13(15)16/h7-12,15H,5-6H2,1-4H3,(H2,27,28,30,31);5-10H,20H2,1-4H3. The van der Waals surface area contributed by atoms with Crippen LogP contribution < -0.4 is 44.8 Å². The molecule has 14 nitrogen and oxygen atoms in total. The lowest BCUT2D eigenvalue weighted by atomic mass is 10.1. The van der Waals surface area contributed by atoms with E-state index in [-0.39, 0.29) is 6.03 Å². The number of methoxy groups -OCH3 is 4. The van der Waals surface area contributed by atoms with Gasteiger partial charge in [0.2, 0.25) is 5.13 Å². The van der Waals surface area contributed by atoms with Crippen LogP contribution in [0.4, 0.5) is 21.3 Å². The maximum Gasteiger partial charge on any atom is 0.325 e. The number of aryl methyl sites for hydroxylation is 4. The van der Waals surface area contributed by atoms with E-state index in [9.17, 15) is 4.79 Å². The number of nitrogens with one attached hydrogen (secondary N) is 2. The van der Waals surface area contributed by atoms with Gasteiger partial charge in [-0.25, -0.2) is 4.79 Å². The number of anilines is 3. The molecule has 4 N–H and O–H groups in total. The first-order chi connectivity index (χ1) is 28.5. The highest BCUT2D eigenvalue weighted by atomic mass is 32.1. The average molecular weight is 816 g/mol. The molecule has 7 aromatic rings. The molecular weight excluding hydrogens is 771 g/mol. The number of rotatable bonds is 11. The van der Waals surface area contributed by atoms with Gasteiger partial charge < -0.3 is 39.5 Å². The minimum absolute atomic E-state index is 0.360. The number of nitrogens with two attached hydrogens (primary N) is 1. The Morgan fingerprint density at radius 3 is 1.64 bits per heavy atom. The van der Waals surface area contributed by atoms with Gasteiger partial charge in [-0.1, -0.05) is 11.3 Å². The summed E-state index contributed by atoms with van der Waals surface area (Å²) in [5, 5.41) is 17.0. The van der Waals surface area contributed by atoms with Crippen LogP contribution in [0.3, 0.4) is 0 Å². The summed E-state index contributed by atoms with van der Waals surface area (Å²) in [6.07, 6.45) is 5.69. The van der Waals surface area contributed by atoms with Gasteiger partial charge >= 0.3 is 6.03 Å². The number of carbonyl (C=O) groups is 1. The van der Waals surface area contributed by atoms with Gasteiger partial charge in [0, 0.05) is 52.6 Å². The van der Waals surface area contributed by atoms with Gasteiger partial charge in [0.25, 0.3) is 0 Å². The van der Waals surface area contributed by atoms with Crippen molar-refractivity contribution < 1.29 is 33.2 Å². The molecule has 0 aliphatic heterocycles. The summed E-state index contributed by atoms with van der Waals surface area (Å²) in [7, 11) is 6.39. The van der Waals surface area contributed by atoms with E-state index < -0.39 is 0 Å². The first-order valence-electron chi connectivity index (χ1n) is 18.7. The number of aromatic nitrogens is 4. The summed E-state index contributed by atoms with van der Waals surface area (Å²) in [5.74, 6) is 5.75. The summed E-state index contributed by atoms with van der Waals surface area (Å²) in [5.41, 5.74) is 12.6. The quantitative estimate of drug-likeness (QED) is 0.106. The topological polar surface area (TPSA) is 174 Å². The third kappa shape index (κ3) is 9.00. The van der Waals surface area contributed by atoms with Crippen molar-refractivity contribution in [1.82, 2.24) is 20.2 Å². The Balaban J connectivity index is 0.000000192. The Morgan fingerprint density at radius 1 is 0.610 bits per heavy atom. The number of hydrogen-bond acceptors (Lipinski definition) is 13. The van der Waals surface area contributed by atoms with E-state index in [4.69, 9.17) is 34.2 Å². The fraction of sp³-hybridized carbons (Fsp3) is 0.250. The molecule has 0 spiro atoms. The zero-order valence-corrected chi connectivity index (χ0v) is 34.9. The predicted octanol–water partition coefficient (Wildman–Crippen LogP) is 10.3. The van der Waals surface area contributed by atoms with Crippen LogP contribution in [-0.2, 0) is 0 Å². The molecule has 0 radical (unpaired) electrons. The predicted molar refractivity (Wildman–Crippen MR) is 231 cm³/mol. The summed E-state index contributed by atoms with van der Waals surface area (Å²) in [4.78, 5) is 21.3. The van der Waals surface area contributed by atoms with Gasteiger partial charge in [-0.15, -0.1) is 10.2 Å². The second kappa shape index (κ2) is 17.3. The van der Waals surface area contributed by atoms with Crippen LogP contribution in [0.25, 0.3) is 21.8 Å². The van der Waals surface area contributed by atoms with Crippen molar-refractivity contribution >= 4 is 55.7 Å². The van der Waals surface area contributed by atoms with Crippen molar-refractivity contribution in [3.8, 4) is 46.0 Å². The fourth-order valence-corrected chi connectivity index (χ4v) is 7.20. The lowest BCUT2D eigenvalue weighted by Crippen LogP contribution is -2.20. The molecule has 1 fully saturated rings. The molecular formula is C44H45N7O7S. The Labute approximate surface area is 345 Å². The Kier molecular flexibility index (Phi) is 11.8. The van der Waals surface area contributed by atoms with Crippen molar-refractivity contribution in [1.29, 1.82) is 0 Å². The van der Waals surface area contributed by atoms with E-state index in [0.29, 0.717) is 57.0 Å². The molecule has 0 bridgehead atoms. The number of nitrogens with zero attached hydrogens (tertiary/aromatic N) is 4. The van der Waals surface area contributed by atoms with Crippen molar-refractivity contribution in [2.24, 2.45) is 0 Å². The molecule has 304 valence electrons. The largest absolute Gasteiger partial charge is 0.493 e. The van der Waals surface area contributed by atoms with E-state index >= 15 is 0 Å². The van der Waals surface area contributed by atoms with E-state index in [1.807, 2.05) is 82.3 Å². The third-order valence-corrected chi connectivity index (χ3v) is 10.8. The number of urea groups is 1. The molecule has 4 aromatic carbocycles. The number of carbonyl (C=O) groups excluding carboxylic acids is 1. The first-order valence-corrected chi connectivity index (χ1v) is 19.6. The van der Waals surface area contributed by atoms with Crippen LogP contribution in [-0.4, -0.2) is 54.6 Å². The number of fused-ring (bicyclic) bond motifs is 2. The van der Waals surface area contributed by atoms with Crippen LogP contribution >= 0.6 is 11.3 Å². The highest BCUT2D eigenvalue weighted by molar-refractivity contribution is 7.15. The van der Waals surface area contributed by atoms with Crippen molar-refractivity contribution in [3.63, 3.8) is 0 Å². The monoisotopic (exact) mass is 815 g/mol. The van der Waals surface area contributed by atoms with Gasteiger partial charge in [-0.2, -0.15) is 0 Å². The Morgan fingerprint density at radius 2 is 1.12 bits per heavy atom. The lowest BCUT2D eigenvalue weighted by Gasteiger charge is -2.16. The average Bonchev–Trinajstić information content (AvgIpc) is 3.98. The number of benzene rings is 4. The van der Waals surface area contributed by atoms with Crippen molar-refractivity contribution in [2.45, 2.75) is 46.5 Å². The minimum atomic E-state index is -0.360. The van der Waals surface area contributed by atoms with Gasteiger partial charge in [0.1, 0.15) is 28.0 Å². The van der Waals surface area contributed by atoms with Crippen LogP contribution in [0.15, 0.2) is 73.1 Å². The molecule has 1 aliphatic carbocycles. The molecule has 1 aliphatic rings. The number of pyridine rings is 2. The first kappa shape index (κ1) is 40.3. The maximum atomic E-state index is 12.5. The van der Waals surface area contributed by atoms with Crippen LogP contribution in [0, 0.1) is 27.7 Å². The van der Waals surface area contributed by atoms with Crippen LogP contribution in [0.2, 0.25) is 0 Å². The van der Waals surface area contributed by atoms with E-state index in [0.717, 1.165) is 73.3 Å². The minimum Gasteiger partial charge on any atom is -0.493 e. The Hall–Kier alpha value is -6.87. The lowest BCUT2D eigenvalue weighted by molar-refractivity contribution is 0.262. The molecule has 15 heteroatoms. The molecule has 0 saturated heterocycles. The van der Waals surface area contributed by atoms with Crippen molar-refractivity contribution in [2.75, 3.05) is 44.8 Å². The molecule has 0 atom stereocenters. The summed E-state index contributed by atoms with van der Waals surface area (Å²) in [6, 6.07) is 18.3. The maximum absolute atomic E-state index is 12.5. The van der Waals surface area contributed by atoms with Crippen LogP contribution in [0.1, 0.15) is 46.0 Å². The number of amides is 2. The number of nitrogen functional groups attached to an aromatic ring is 1. The number of ether oxygens (including phenoxy) is 6. The SMILES string of the molecule is COc1cc2nccc(Oc3cc(C)c(N)cc3C)c2cc1OC.COc1cc2nccc(Oc3cc(C)c(NC(=O)Nc4nnc(C5CC5)s4)cc3C)c2cc1OC. The van der Waals surface area contributed by atoms with Gasteiger partial charge in [-0.3, -0.25) is 15.3 Å². The van der Waals surface area contributed by atoms with Gasteiger partial charge in [0.05, 0.1) is 39.5 Å². The molecule has 3 aromatic heterocycles. The van der Waals surface area contributed by atoms with Crippen LogP contribution in [0.5, 0.6) is 46.0 Å². The molecule has 0 unspecified atom stereocenters. The van der Waals surface area contributed by atoms with Crippen molar-refractivity contribution in [3.05, 3.63) is 100 Å². The molecule has 8 rings (SSSR count). The zero-order valence-electron chi connectivity index (χ0n) is 34.1. The molecule has 59 heavy (non-hydrogen) atoms. The second-order valence-electron chi connectivity index (χ2n) is 14.0. The van der Waals surface area contributed by atoms with E-state index in [1.165, 1.54) is 11.3 Å².